The smallest absolute Gasteiger partial charge is 0.0859 e. The van der Waals surface area contributed by atoms with Crippen molar-refractivity contribution in [1.82, 2.24) is 4.98 Å². The Kier molecular flexibility index (Phi) is 2.78. The van der Waals surface area contributed by atoms with E-state index in [2.05, 4.69) is 4.98 Å². The maximum absolute atomic E-state index is 11.9. The molecule has 1 rings (SSSR count). The Hall–Kier alpha value is -1.18. The summed E-state index contributed by atoms with van der Waals surface area (Å²) in [5, 5.41) is 0. The molecule has 2 heteroatoms. The van der Waals surface area contributed by atoms with Crippen molar-refractivity contribution >= 4 is 0 Å². The van der Waals surface area contributed by atoms with Gasteiger partial charge in [0.25, 0.3) is 0 Å². The van der Waals surface area contributed by atoms with Crippen LogP contribution in [0.1, 0.15) is 12.5 Å². The Bertz CT molecular complexity index is 241. The molecule has 1 heterocycles. The monoisotopic (exact) mass is 151 g/mol. The molecule has 0 aliphatic rings. The third-order valence-electron chi connectivity index (χ3n) is 1.39. The zero-order valence-corrected chi connectivity index (χ0v) is 6.42. The van der Waals surface area contributed by atoms with E-state index in [1.807, 2.05) is 12.1 Å². The van der Waals surface area contributed by atoms with Crippen molar-refractivity contribution in [2.24, 2.45) is 0 Å². The summed E-state index contributed by atoms with van der Waals surface area (Å²) in [6, 6.07) is 3.78. The highest BCUT2D eigenvalue weighted by Gasteiger charge is 1.92. The molecule has 0 unspecified atom stereocenters. The normalized spacial score (nSPS) is 11.6. The van der Waals surface area contributed by atoms with E-state index >= 15 is 0 Å². The fourth-order valence-electron chi connectivity index (χ4n) is 0.863. The first-order chi connectivity index (χ1) is 5.33. The van der Waals surface area contributed by atoms with Crippen LogP contribution in [0.2, 0.25) is 0 Å². The number of allylic oxidation sites excluding steroid dienone is 1. The van der Waals surface area contributed by atoms with Gasteiger partial charge in [0.2, 0.25) is 0 Å². The first-order valence-corrected chi connectivity index (χ1v) is 3.47. The summed E-state index contributed by atoms with van der Waals surface area (Å²) in [5.74, 6) is 0. The number of hydrogen-bond donors (Lipinski definition) is 0. The topological polar surface area (TPSA) is 12.9 Å². The molecule has 0 atom stereocenters. The van der Waals surface area contributed by atoms with Crippen LogP contribution < -0.4 is 0 Å². The third-order valence-corrected chi connectivity index (χ3v) is 1.39. The number of rotatable bonds is 2. The minimum Gasteiger partial charge on any atom is -0.264 e. The van der Waals surface area contributed by atoms with Gasteiger partial charge in [0.05, 0.1) is 6.33 Å². The maximum atomic E-state index is 11.9. The summed E-state index contributed by atoms with van der Waals surface area (Å²) < 4.78 is 11.9. The van der Waals surface area contributed by atoms with Gasteiger partial charge >= 0.3 is 0 Å². The molecular formula is C9H10FN. The molecule has 0 aromatic carbocycles. The largest absolute Gasteiger partial charge is 0.264 e. The standard InChI is InChI=1S/C9H10FN/c1-8(6-10)5-9-3-2-4-11-7-9/h2-4,6-7H,5H2,1H3/b8-6-. The molecule has 1 aromatic heterocycles. The third kappa shape index (κ3) is 2.50. The van der Waals surface area contributed by atoms with Crippen LogP contribution in [0, 0.1) is 0 Å². The number of nitrogens with zero attached hydrogens (tertiary/aromatic N) is 1. The van der Waals surface area contributed by atoms with Gasteiger partial charge in [-0.1, -0.05) is 6.07 Å². The lowest BCUT2D eigenvalue weighted by atomic mass is 10.1. The average Bonchev–Trinajstić information content (AvgIpc) is 2.06. The summed E-state index contributed by atoms with van der Waals surface area (Å²) in [5.41, 5.74) is 1.76. The molecular weight excluding hydrogens is 141 g/mol. The first kappa shape index (κ1) is 7.92. The van der Waals surface area contributed by atoms with Gasteiger partial charge in [0, 0.05) is 12.4 Å². The van der Waals surface area contributed by atoms with Gasteiger partial charge in [-0.15, -0.1) is 0 Å². The highest BCUT2D eigenvalue weighted by atomic mass is 19.1. The van der Waals surface area contributed by atoms with E-state index in [-0.39, 0.29) is 0 Å². The van der Waals surface area contributed by atoms with E-state index in [1.54, 1.807) is 19.3 Å². The highest BCUT2D eigenvalue weighted by Crippen LogP contribution is 2.05. The van der Waals surface area contributed by atoms with Crippen molar-refractivity contribution in [1.29, 1.82) is 0 Å². The lowest BCUT2D eigenvalue weighted by molar-refractivity contribution is 0.704. The van der Waals surface area contributed by atoms with Gasteiger partial charge in [-0.3, -0.25) is 4.98 Å². The molecule has 0 aliphatic carbocycles. The van der Waals surface area contributed by atoms with Gasteiger partial charge in [0.1, 0.15) is 0 Å². The average molecular weight is 151 g/mol. The van der Waals surface area contributed by atoms with Gasteiger partial charge in [-0.05, 0) is 30.5 Å². The van der Waals surface area contributed by atoms with Crippen LogP contribution >= 0.6 is 0 Å². The Morgan fingerprint density at radius 3 is 3.09 bits per heavy atom. The number of aromatic nitrogens is 1. The number of halogens is 1. The van der Waals surface area contributed by atoms with Crippen LogP contribution in [0.15, 0.2) is 36.4 Å². The molecule has 11 heavy (non-hydrogen) atoms. The van der Waals surface area contributed by atoms with Crippen LogP contribution in [0.3, 0.4) is 0 Å². The van der Waals surface area contributed by atoms with E-state index in [9.17, 15) is 4.39 Å². The van der Waals surface area contributed by atoms with Gasteiger partial charge in [-0.2, -0.15) is 0 Å². The molecule has 0 fully saturated rings. The predicted molar refractivity (Wildman–Crippen MR) is 42.8 cm³/mol. The molecule has 1 nitrogen and oxygen atoms in total. The van der Waals surface area contributed by atoms with Crippen LogP contribution in [-0.2, 0) is 6.42 Å². The summed E-state index contributed by atoms with van der Waals surface area (Å²) >= 11 is 0. The predicted octanol–water partition coefficient (Wildman–Crippen LogP) is 2.50. The van der Waals surface area contributed by atoms with E-state index < -0.39 is 0 Å². The Morgan fingerprint density at radius 2 is 2.55 bits per heavy atom. The number of pyridine rings is 1. The molecule has 0 bridgehead atoms. The van der Waals surface area contributed by atoms with Crippen LogP contribution in [0.25, 0.3) is 0 Å². The Balaban J connectivity index is 2.65. The second-order valence-corrected chi connectivity index (χ2v) is 2.49. The lowest BCUT2D eigenvalue weighted by Gasteiger charge is -1.97. The molecule has 0 spiro atoms. The minimum atomic E-state index is 0.632. The van der Waals surface area contributed by atoms with E-state index in [0.29, 0.717) is 12.8 Å². The van der Waals surface area contributed by atoms with Crippen molar-refractivity contribution in [2.75, 3.05) is 0 Å². The zero-order chi connectivity index (χ0) is 8.10. The van der Waals surface area contributed by atoms with E-state index in [0.717, 1.165) is 11.1 Å². The lowest BCUT2D eigenvalue weighted by Crippen LogP contribution is -1.86. The molecule has 0 aliphatic heterocycles. The van der Waals surface area contributed by atoms with Crippen molar-refractivity contribution in [3.63, 3.8) is 0 Å². The maximum Gasteiger partial charge on any atom is 0.0859 e. The summed E-state index contributed by atoms with van der Waals surface area (Å²) in [6.45, 7) is 1.76. The van der Waals surface area contributed by atoms with Crippen molar-refractivity contribution in [3.8, 4) is 0 Å². The molecule has 58 valence electrons. The Labute approximate surface area is 65.6 Å². The second kappa shape index (κ2) is 3.86. The quantitative estimate of drug-likeness (QED) is 0.632. The fraction of sp³-hybridized carbons (Fsp3) is 0.222. The summed E-state index contributed by atoms with van der Waals surface area (Å²) in [6.07, 6.45) is 4.72. The fourth-order valence-corrected chi connectivity index (χ4v) is 0.863. The second-order valence-electron chi connectivity index (χ2n) is 2.49. The number of hydrogen-bond acceptors (Lipinski definition) is 1. The van der Waals surface area contributed by atoms with E-state index in [1.165, 1.54) is 0 Å². The van der Waals surface area contributed by atoms with Crippen molar-refractivity contribution in [2.45, 2.75) is 13.3 Å². The Morgan fingerprint density at radius 1 is 1.73 bits per heavy atom. The van der Waals surface area contributed by atoms with Crippen LogP contribution in [0.5, 0.6) is 0 Å². The van der Waals surface area contributed by atoms with Gasteiger partial charge in [0.15, 0.2) is 0 Å². The van der Waals surface area contributed by atoms with Gasteiger partial charge in [-0.25, -0.2) is 4.39 Å². The zero-order valence-electron chi connectivity index (χ0n) is 6.42. The van der Waals surface area contributed by atoms with Crippen LogP contribution in [-0.4, -0.2) is 4.98 Å². The van der Waals surface area contributed by atoms with Gasteiger partial charge < -0.3 is 0 Å². The molecule has 1 aromatic rings. The van der Waals surface area contributed by atoms with Crippen LogP contribution in [0.4, 0.5) is 4.39 Å². The first-order valence-electron chi connectivity index (χ1n) is 3.47. The SMILES string of the molecule is C/C(=C/F)Cc1cccnc1. The molecule has 0 amide bonds. The highest BCUT2D eigenvalue weighted by molar-refractivity contribution is 5.15. The molecule has 0 radical (unpaired) electrons. The summed E-state index contributed by atoms with van der Waals surface area (Å²) in [7, 11) is 0. The molecule has 0 saturated carbocycles. The summed E-state index contributed by atoms with van der Waals surface area (Å²) in [4.78, 5) is 3.92. The van der Waals surface area contributed by atoms with Crippen molar-refractivity contribution in [3.05, 3.63) is 42.0 Å². The molecule has 0 N–H and O–H groups in total. The minimum absolute atomic E-state index is 0.632. The van der Waals surface area contributed by atoms with Crippen molar-refractivity contribution < 1.29 is 4.39 Å². The van der Waals surface area contributed by atoms with E-state index in [4.69, 9.17) is 0 Å². The molecule has 0 saturated heterocycles.